The molecule has 0 spiro atoms. The van der Waals surface area contributed by atoms with Gasteiger partial charge in [0, 0.05) is 22.9 Å². The first-order valence-corrected chi connectivity index (χ1v) is 11.9. The zero-order valence-corrected chi connectivity index (χ0v) is 20.7. The Morgan fingerprint density at radius 1 is 1.32 bits per heavy atom. The van der Waals surface area contributed by atoms with E-state index < -0.39 is 23.5 Å². The molecule has 0 radical (unpaired) electrons. The lowest BCUT2D eigenvalue weighted by atomic mass is 10.0. The Morgan fingerprint density at radius 3 is 2.68 bits per heavy atom. The number of H-pyrrole nitrogens is 1. The first kappa shape index (κ1) is 26.4. The maximum atomic E-state index is 15.7. The zero-order valence-electron chi connectivity index (χ0n) is 19.9. The molecule has 0 aliphatic rings. The fourth-order valence-corrected chi connectivity index (χ4v) is 4.36. The number of aromatic amines is 1. The fraction of sp³-hybridized carbons (Fsp3) is 0.167. The number of halogens is 1. The van der Waals surface area contributed by atoms with Crippen LogP contribution in [0.1, 0.15) is 32.7 Å². The molecule has 2 aromatic carbocycles. The normalized spacial score (nSPS) is 11.7. The summed E-state index contributed by atoms with van der Waals surface area (Å²) in [5.74, 6) is -2.15. The van der Waals surface area contributed by atoms with Crippen molar-refractivity contribution in [1.29, 1.82) is 5.41 Å². The summed E-state index contributed by atoms with van der Waals surface area (Å²) in [6, 6.07) is 9.44. The molecule has 0 saturated heterocycles. The van der Waals surface area contributed by atoms with Gasteiger partial charge in [-0.3, -0.25) is 10.4 Å². The third kappa shape index (κ3) is 5.35. The second kappa shape index (κ2) is 11.1. The van der Waals surface area contributed by atoms with E-state index in [4.69, 9.17) is 25.7 Å². The van der Waals surface area contributed by atoms with Gasteiger partial charge in [0.05, 0.1) is 19.4 Å². The van der Waals surface area contributed by atoms with Gasteiger partial charge in [0.2, 0.25) is 0 Å². The minimum Gasteiger partial charge on any atom is -0.497 e. The molecule has 12 nitrogen and oxygen atoms in total. The van der Waals surface area contributed by atoms with Crippen LogP contribution in [0, 0.1) is 11.2 Å². The van der Waals surface area contributed by atoms with Gasteiger partial charge in [0.1, 0.15) is 29.1 Å². The summed E-state index contributed by atoms with van der Waals surface area (Å²) in [5, 5.41) is 35.1. The van der Waals surface area contributed by atoms with Crippen molar-refractivity contribution >= 4 is 28.8 Å². The van der Waals surface area contributed by atoms with Gasteiger partial charge in [0.25, 0.3) is 0 Å². The molecule has 4 aromatic rings. The van der Waals surface area contributed by atoms with Crippen LogP contribution < -0.4 is 26.2 Å². The minimum absolute atomic E-state index is 0.0161. The quantitative estimate of drug-likeness (QED) is 0.122. The van der Waals surface area contributed by atoms with E-state index in [0.29, 0.717) is 11.3 Å². The van der Waals surface area contributed by atoms with Crippen LogP contribution in [0.15, 0.2) is 52.6 Å². The highest BCUT2D eigenvalue weighted by Crippen LogP contribution is 2.35. The zero-order chi connectivity index (χ0) is 27.4. The van der Waals surface area contributed by atoms with E-state index >= 15 is 4.39 Å². The van der Waals surface area contributed by atoms with Gasteiger partial charge in [-0.25, -0.2) is 14.0 Å². The van der Waals surface area contributed by atoms with Crippen LogP contribution in [0.5, 0.6) is 11.5 Å². The first-order chi connectivity index (χ1) is 18.2. The Morgan fingerprint density at radius 2 is 2.05 bits per heavy atom. The van der Waals surface area contributed by atoms with Crippen molar-refractivity contribution in [2.24, 2.45) is 5.73 Å². The maximum absolute atomic E-state index is 15.7. The van der Waals surface area contributed by atoms with Gasteiger partial charge in [-0.1, -0.05) is 0 Å². The highest BCUT2D eigenvalue weighted by Gasteiger charge is 2.27. The number of hydrogen-bond acceptors (Lipinski definition) is 9. The molecule has 0 fully saturated rings. The summed E-state index contributed by atoms with van der Waals surface area (Å²) in [7, 11) is 1.39. The number of carboxylic acids is 1. The van der Waals surface area contributed by atoms with Gasteiger partial charge < -0.3 is 30.7 Å². The average molecular weight is 543 g/mol. The predicted octanol–water partition coefficient (Wildman–Crippen LogP) is 2.32. The number of nitrogen functional groups attached to an aromatic ring is 1. The van der Waals surface area contributed by atoms with Crippen molar-refractivity contribution < 1.29 is 28.9 Å². The number of aromatic carboxylic acids is 1. The van der Waals surface area contributed by atoms with Crippen molar-refractivity contribution in [2.75, 3.05) is 25.6 Å². The van der Waals surface area contributed by atoms with E-state index in [1.807, 2.05) is 0 Å². The van der Waals surface area contributed by atoms with Crippen LogP contribution in [0.4, 0.5) is 10.1 Å². The van der Waals surface area contributed by atoms with Crippen molar-refractivity contribution in [1.82, 2.24) is 14.8 Å². The standard InChI is InChI=1S/C24H23FN6O6S/c1-36-14-10-15(18(25)17(11-14)37-8-7-32)19(28-13-4-2-12(3-5-13)21(26)27)22-29-24(35)31(30-22)16-6-9-38-20(16)23(33)34/h2-6,9-11,19,28,32H,7-8H2,1H3,(H3,26,27)(H,33,34)(H,29,30,35). The Hall–Kier alpha value is -4.69. The monoisotopic (exact) mass is 542 g/mol. The number of rotatable bonds is 11. The van der Waals surface area contributed by atoms with Gasteiger partial charge in [-0.15, -0.1) is 16.4 Å². The van der Waals surface area contributed by atoms with Crippen LogP contribution in [0.25, 0.3) is 5.69 Å². The van der Waals surface area contributed by atoms with Gasteiger partial charge in [0.15, 0.2) is 17.4 Å². The molecule has 1 atom stereocenters. The number of methoxy groups -OCH3 is 1. The number of benzene rings is 2. The number of hydrogen-bond donors (Lipinski definition) is 6. The van der Waals surface area contributed by atoms with E-state index in [-0.39, 0.29) is 52.5 Å². The second-order valence-corrected chi connectivity index (χ2v) is 8.75. The number of nitrogens with two attached hydrogens (primary N) is 1. The van der Waals surface area contributed by atoms with Crippen LogP contribution in [-0.2, 0) is 0 Å². The Kier molecular flexibility index (Phi) is 7.74. The molecular formula is C24H23FN6O6S. The van der Waals surface area contributed by atoms with E-state index in [9.17, 15) is 14.7 Å². The average Bonchev–Trinajstić information content (AvgIpc) is 3.54. The van der Waals surface area contributed by atoms with E-state index in [0.717, 1.165) is 16.0 Å². The Balaban J connectivity index is 1.86. The molecule has 7 N–H and O–H groups in total. The summed E-state index contributed by atoms with van der Waals surface area (Å²) in [6.07, 6.45) is 0. The Labute approximate surface area is 218 Å². The number of amidine groups is 1. The number of aliphatic hydroxyl groups is 1. The van der Waals surface area contributed by atoms with E-state index in [1.54, 1.807) is 24.3 Å². The molecule has 2 aromatic heterocycles. The van der Waals surface area contributed by atoms with Crippen molar-refractivity contribution in [2.45, 2.75) is 6.04 Å². The second-order valence-electron chi connectivity index (χ2n) is 7.84. The van der Waals surface area contributed by atoms with Gasteiger partial charge in [-0.2, -0.15) is 4.68 Å². The molecule has 0 aliphatic heterocycles. The smallest absolute Gasteiger partial charge is 0.348 e. The third-order valence-electron chi connectivity index (χ3n) is 5.42. The van der Waals surface area contributed by atoms with Crippen LogP contribution in [0.3, 0.4) is 0 Å². The number of ether oxygens (including phenoxy) is 2. The number of nitrogens with one attached hydrogen (secondary N) is 3. The highest BCUT2D eigenvalue weighted by molar-refractivity contribution is 7.12. The summed E-state index contributed by atoms with van der Waals surface area (Å²) in [6.45, 7) is -0.518. The molecule has 14 heteroatoms. The number of nitrogens with zero attached hydrogens (tertiary/aromatic N) is 2. The molecule has 4 rings (SSSR count). The highest BCUT2D eigenvalue weighted by atomic mass is 32.1. The SMILES string of the molecule is COc1cc(OCCO)c(F)c(C(Nc2ccc(C(=N)N)cc2)c2nn(-c3ccsc3C(=O)O)c(=O)[nH]2)c1. The summed E-state index contributed by atoms with van der Waals surface area (Å²) in [5.41, 5.74) is 5.77. The fourth-order valence-electron chi connectivity index (χ4n) is 3.65. The molecule has 0 saturated carbocycles. The lowest BCUT2D eigenvalue weighted by molar-refractivity contribution is 0.0702. The number of aliphatic hydroxyl groups excluding tert-OH is 1. The molecule has 38 heavy (non-hydrogen) atoms. The molecular weight excluding hydrogens is 519 g/mol. The Bertz CT molecular complexity index is 1530. The molecule has 0 aliphatic carbocycles. The van der Waals surface area contributed by atoms with Crippen LogP contribution >= 0.6 is 11.3 Å². The molecule has 0 bridgehead atoms. The largest absolute Gasteiger partial charge is 0.497 e. The lowest BCUT2D eigenvalue weighted by Gasteiger charge is -2.21. The third-order valence-corrected chi connectivity index (χ3v) is 6.31. The molecule has 2 heterocycles. The molecule has 0 amide bonds. The van der Waals surface area contributed by atoms with Gasteiger partial charge >= 0.3 is 11.7 Å². The van der Waals surface area contributed by atoms with Crippen LogP contribution in [-0.4, -0.2) is 57.1 Å². The minimum atomic E-state index is -1.23. The number of carbonyl (C=O) groups is 1. The van der Waals surface area contributed by atoms with E-state index in [2.05, 4.69) is 15.4 Å². The number of thiophene rings is 1. The maximum Gasteiger partial charge on any atom is 0.348 e. The van der Waals surface area contributed by atoms with Crippen LogP contribution in [0.2, 0.25) is 0 Å². The summed E-state index contributed by atoms with van der Waals surface area (Å²) in [4.78, 5) is 27.0. The van der Waals surface area contributed by atoms with Crippen molar-refractivity contribution in [3.63, 3.8) is 0 Å². The molecule has 1 unspecified atom stereocenters. The molecule has 198 valence electrons. The number of aromatic nitrogens is 3. The summed E-state index contributed by atoms with van der Waals surface area (Å²) >= 11 is 0.929. The van der Waals surface area contributed by atoms with Gasteiger partial charge in [-0.05, 0) is 41.8 Å². The van der Waals surface area contributed by atoms with E-state index in [1.165, 1.54) is 30.7 Å². The lowest BCUT2D eigenvalue weighted by Crippen LogP contribution is -2.18. The number of anilines is 1. The predicted molar refractivity (Wildman–Crippen MR) is 137 cm³/mol. The van der Waals surface area contributed by atoms with Crippen molar-refractivity contribution in [3.8, 4) is 17.2 Å². The number of carboxylic acid groups (broad SMARTS) is 1. The first-order valence-electron chi connectivity index (χ1n) is 11.1. The van der Waals surface area contributed by atoms with Crippen molar-refractivity contribution in [3.05, 3.63) is 86.0 Å². The summed E-state index contributed by atoms with van der Waals surface area (Å²) < 4.78 is 27.3. The topological polar surface area (TPSA) is 189 Å².